The minimum Gasteiger partial charge on any atom is -0.360 e. The van der Waals surface area contributed by atoms with Crippen LogP contribution < -0.4 is 4.90 Å². The maximum absolute atomic E-state index is 5.88. The van der Waals surface area contributed by atoms with Crippen LogP contribution in [0.2, 0.25) is 5.02 Å². The van der Waals surface area contributed by atoms with Crippen LogP contribution in [0.25, 0.3) is 0 Å². The van der Waals surface area contributed by atoms with Crippen molar-refractivity contribution in [2.75, 3.05) is 18.5 Å². The molecule has 0 unspecified atom stereocenters. The van der Waals surface area contributed by atoms with Crippen molar-refractivity contribution in [2.45, 2.75) is 12.8 Å². The van der Waals surface area contributed by atoms with E-state index in [1.165, 1.54) is 0 Å². The van der Waals surface area contributed by atoms with Crippen LogP contribution in [0.1, 0.15) is 12.5 Å². The molecule has 4 heteroatoms. The van der Waals surface area contributed by atoms with Crippen LogP contribution in [-0.2, 0) is 5.88 Å². The zero-order valence-corrected chi connectivity index (χ0v) is 9.23. The fourth-order valence-corrected chi connectivity index (χ4v) is 1.40. The quantitative estimate of drug-likeness (QED) is 0.726. The van der Waals surface area contributed by atoms with E-state index >= 15 is 0 Å². The van der Waals surface area contributed by atoms with E-state index in [1.807, 2.05) is 18.0 Å². The van der Waals surface area contributed by atoms with Crippen LogP contribution in [-0.4, -0.2) is 18.6 Å². The number of anilines is 1. The molecule has 0 saturated heterocycles. The molecule has 13 heavy (non-hydrogen) atoms. The highest BCUT2D eigenvalue weighted by Crippen LogP contribution is 2.21. The summed E-state index contributed by atoms with van der Waals surface area (Å²) in [5.41, 5.74) is 0.925. The summed E-state index contributed by atoms with van der Waals surface area (Å²) in [4.78, 5) is 6.23. The predicted octanol–water partition coefficient (Wildman–Crippen LogP) is 2.93. The molecule has 0 bridgehead atoms. The lowest BCUT2D eigenvalue weighted by Gasteiger charge is -2.16. The van der Waals surface area contributed by atoms with Crippen molar-refractivity contribution < 1.29 is 0 Å². The third-order valence-corrected chi connectivity index (χ3v) is 2.56. The lowest BCUT2D eigenvalue weighted by Crippen LogP contribution is -2.17. The van der Waals surface area contributed by atoms with E-state index in [0.29, 0.717) is 10.9 Å². The van der Waals surface area contributed by atoms with Crippen LogP contribution in [0.3, 0.4) is 0 Å². The largest absolute Gasteiger partial charge is 0.360 e. The molecular weight excluding hydrogens is 207 g/mol. The molecule has 0 amide bonds. The molecule has 0 aliphatic carbocycles. The maximum Gasteiger partial charge on any atom is 0.128 e. The number of pyridine rings is 1. The SMILES string of the molecule is CCN(C)c1cc(CCl)c(Cl)cn1. The number of nitrogens with zero attached hydrogens (tertiary/aromatic N) is 2. The summed E-state index contributed by atoms with van der Waals surface area (Å²) in [6.45, 7) is 2.98. The monoisotopic (exact) mass is 218 g/mol. The molecule has 72 valence electrons. The molecule has 0 spiro atoms. The van der Waals surface area contributed by atoms with Gasteiger partial charge in [0.1, 0.15) is 5.82 Å². The zero-order chi connectivity index (χ0) is 9.84. The fraction of sp³-hybridized carbons (Fsp3) is 0.444. The summed E-state index contributed by atoms with van der Waals surface area (Å²) in [6, 6.07) is 1.92. The highest BCUT2D eigenvalue weighted by molar-refractivity contribution is 6.32. The van der Waals surface area contributed by atoms with E-state index in [9.17, 15) is 0 Å². The topological polar surface area (TPSA) is 16.1 Å². The van der Waals surface area contributed by atoms with Gasteiger partial charge in [0.25, 0.3) is 0 Å². The lowest BCUT2D eigenvalue weighted by atomic mass is 10.3. The van der Waals surface area contributed by atoms with Gasteiger partial charge >= 0.3 is 0 Å². The summed E-state index contributed by atoms with van der Waals surface area (Å²) in [6.07, 6.45) is 1.64. The Morgan fingerprint density at radius 3 is 2.77 bits per heavy atom. The summed E-state index contributed by atoms with van der Waals surface area (Å²) < 4.78 is 0. The minimum absolute atomic E-state index is 0.423. The molecular formula is C9H12Cl2N2. The first-order valence-corrected chi connectivity index (χ1v) is 5.01. The normalized spacial score (nSPS) is 10.2. The Morgan fingerprint density at radius 1 is 1.54 bits per heavy atom. The number of alkyl halides is 1. The molecule has 0 aromatic carbocycles. The van der Waals surface area contributed by atoms with Crippen LogP contribution in [0, 0.1) is 0 Å². The Morgan fingerprint density at radius 2 is 2.23 bits per heavy atom. The van der Waals surface area contributed by atoms with Crippen molar-refractivity contribution in [2.24, 2.45) is 0 Å². The summed E-state index contributed by atoms with van der Waals surface area (Å²) in [5, 5.41) is 0.628. The molecule has 2 nitrogen and oxygen atoms in total. The molecule has 1 heterocycles. The third-order valence-electron chi connectivity index (χ3n) is 1.93. The van der Waals surface area contributed by atoms with E-state index in [1.54, 1.807) is 6.20 Å². The Balaban J connectivity index is 2.99. The van der Waals surface area contributed by atoms with E-state index in [4.69, 9.17) is 23.2 Å². The third kappa shape index (κ3) is 2.48. The van der Waals surface area contributed by atoms with Gasteiger partial charge < -0.3 is 4.90 Å². The van der Waals surface area contributed by atoms with Crippen molar-refractivity contribution in [3.8, 4) is 0 Å². The second-order valence-electron chi connectivity index (χ2n) is 2.78. The molecule has 0 aliphatic heterocycles. The Kier molecular flexibility index (Phi) is 3.82. The smallest absolute Gasteiger partial charge is 0.128 e. The van der Waals surface area contributed by atoms with Gasteiger partial charge in [-0.25, -0.2) is 4.98 Å². The lowest BCUT2D eigenvalue weighted by molar-refractivity contribution is 0.936. The van der Waals surface area contributed by atoms with Crippen molar-refractivity contribution in [1.29, 1.82) is 0 Å². The maximum atomic E-state index is 5.88. The van der Waals surface area contributed by atoms with Gasteiger partial charge in [0.2, 0.25) is 0 Å². The zero-order valence-electron chi connectivity index (χ0n) is 7.72. The number of rotatable bonds is 3. The van der Waals surface area contributed by atoms with Gasteiger partial charge in [-0.15, -0.1) is 11.6 Å². The first-order chi connectivity index (χ1) is 6.19. The van der Waals surface area contributed by atoms with Gasteiger partial charge in [0.15, 0.2) is 0 Å². The second-order valence-corrected chi connectivity index (χ2v) is 3.46. The average molecular weight is 219 g/mol. The van der Waals surface area contributed by atoms with Gasteiger partial charge in [-0.1, -0.05) is 11.6 Å². The summed E-state index contributed by atoms with van der Waals surface area (Å²) in [7, 11) is 1.98. The van der Waals surface area contributed by atoms with Crippen LogP contribution in [0.5, 0.6) is 0 Å². The average Bonchev–Trinajstić information content (AvgIpc) is 2.17. The molecule has 1 rings (SSSR count). The van der Waals surface area contributed by atoms with Crippen LogP contribution >= 0.6 is 23.2 Å². The first-order valence-electron chi connectivity index (χ1n) is 4.10. The predicted molar refractivity (Wildman–Crippen MR) is 57.7 cm³/mol. The van der Waals surface area contributed by atoms with Crippen molar-refractivity contribution in [1.82, 2.24) is 4.98 Å². The molecule has 0 N–H and O–H groups in total. The number of hydrogen-bond donors (Lipinski definition) is 0. The standard InChI is InChI=1S/C9H12Cl2N2/c1-3-13(2)9-4-7(5-10)8(11)6-12-9/h4,6H,3,5H2,1-2H3. The molecule has 0 atom stereocenters. The van der Waals surface area contributed by atoms with E-state index in [-0.39, 0.29) is 0 Å². The number of hydrogen-bond acceptors (Lipinski definition) is 2. The molecule has 0 radical (unpaired) electrons. The van der Waals surface area contributed by atoms with Crippen LogP contribution in [0.15, 0.2) is 12.3 Å². The first kappa shape index (κ1) is 10.6. The summed E-state index contributed by atoms with van der Waals surface area (Å²) >= 11 is 11.6. The minimum atomic E-state index is 0.423. The Bertz CT molecular complexity index is 289. The van der Waals surface area contributed by atoms with E-state index in [2.05, 4.69) is 11.9 Å². The van der Waals surface area contributed by atoms with Crippen molar-refractivity contribution >= 4 is 29.0 Å². The fourth-order valence-electron chi connectivity index (χ4n) is 0.941. The molecule has 1 aromatic rings. The number of halogens is 2. The van der Waals surface area contributed by atoms with Gasteiger partial charge in [-0.2, -0.15) is 0 Å². The molecule has 0 saturated carbocycles. The van der Waals surface area contributed by atoms with Crippen molar-refractivity contribution in [3.63, 3.8) is 0 Å². The van der Waals surface area contributed by atoms with Crippen molar-refractivity contribution in [3.05, 3.63) is 22.8 Å². The molecule has 0 fully saturated rings. The van der Waals surface area contributed by atoms with Gasteiger partial charge in [-0.3, -0.25) is 0 Å². The molecule has 0 aliphatic rings. The Hall–Kier alpha value is -0.470. The molecule has 1 aromatic heterocycles. The number of aromatic nitrogens is 1. The van der Waals surface area contributed by atoms with Gasteiger partial charge in [0.05, 0.1) is 5.02 Å². The highest BCUT2D eigenvalue weighted by atomic mass is 35.5. The second kappa shape index (κ2) is 4.68. The Labute approximate surface area is 88.5 Å². The van der Waals surface area contributed by atoms with E-state index < -0.39 is 0 Å². The van der Waals surface area contributed by atoms with E-state index in [0.717, 1.165) is 17.9 Å². The van der Waals surface area contributed by atoms with Crippen LogP contribution in [0.4, 0.5) is 5.82 Å². The summed E-state index contributed by atoms with van der Waals surface area (Å²) in [5.74, 6) is 1.33. The highest BCUT2D eigenvalue weighted by Gasteiger charge is 2.04. The van der Waals surface area contributed by atoms with Gasteiger partial charge in [-0.05, 0) is 18.6 Å². The van der Waals surface area contributed by atoms with Gasteiger partial charge in [0, 0.05) is 25.7 Å².